The van der Waals surface area contributed by atoms with Crippen molar-refractivity contribution in [2.45, 2.75) is 19.1 Å². The molecule has 0 aromatic heterocycles. The summed E-state index contributed by atoms with van der Waals surface area (Å²) in [5.41, 5.74) is 1.87. The van der Waals surface area contributed by atoms with Gasteiger partial charge in [0.05, 0.1) is 19.3 Å². The molecule has 0 spiro atoms. The quantitative estimate of drug-likeness (QED) is 0.864. The van der Waals surface area contributed by atoms with Crippen molar-refractivity contribution >= 4 is 5.69 Å². The van der Waals surface area contributed by atoms with E-state index in [0.29, 0.717) is 0 Å². The van der Waals surface area contributed by atoms with Crippen molar-refractivity contribution in [2.75, 3.05) is 12.4 Å². The van der Waals surface area contributed by atoms with Crippen LogP contribution in [-0.4, -0.2) is 18.3 Å². The fourth-order valence-electron chi connectivity index (χ4n) is 1.97. The lowest BCUT2D eigenvalue weighted by Gasteiger charge is -2.21. The van der Waals surface area contributed by atoms with E-state index in [9.17, 15) is 5.11 Å². The molecule has 0 amide bonds. The van der Waals surface area contributed by atoms with Crippen molar-refractivity contribution < 1.29 is 9.84 Å². The van der Waals surface area contributed by atoms with Gasteiger partial charge < -0.3 is 15.2 Å². The average molecular weight is 257 g/mol. The van der Waals surface area contributed by atoms with Gasteiger partial charge in [-0.15, -0.1) is 0 Å². The molecule has 0 aliphatic carbocycles. The lowest BCUT2D eigenvalue weighted by Crippen LogP contribution is -2.23. The van der Waals surface area contributed by atoms with Gasteiger partial charge in [0, 0.05) is 5.69 Å². The van der Waals surface area contributed by atoms with Crippen molar-refractivity contribution in [3.05, 3.63) is 60.2 Å². The van der Waals surface area contributed by atoms with Crippen LogP contribution in [0.4, 0.5) is 5.69 Å². The molecule has 19 heavy (non-hydrogen) atoms. The van der Waals surface area contributed by atoms with E-state index in [1.807, 2.05) is 61.5 Å². The number of benzene rings is 2. The third-order valence-corrected chi connectivity index (χ3v) is 3.10. The summed E-state index contributed by atoms with van der Waals surface area (Å²) in [5.74, 6) is 0.821. The molecule has 2 rings (SSSR count). The van der Waals surface area contributed by atoms with Crippen LogP contribution in [0, 0.1) is 0 Å². The number of hydrogen-bond donors (Lipinski definition) is 2. The third kappa shape index (κ3) is 3.48. The maximum atomic E-state index is 10.3. The molecule has 0 aliphatic rings. The monoisotopic (exact) mass is 257 g/mol. The van der Waals surface area contributed by atoms with Crippen molar-refractivity contribution in [3.63, 3.8) is 0 Å². The second kappa shape index (κ2) is 6.25. The lowest BCUT2D eigenvalue weighted by atomic mass is 10.0. The van der Waals surface area contributed by atoms with E-state index < -0.39 is 6.10 Å². The van der Waals surface area contributed by atoms with Gasteiger partial charge >= 0.3 is 0 Å². The fraction of sp³-hybridized carbons (Fsp3) is 0.250. The Morgan fingerprint density at radius 3 is 2.21 bits per heavy atom. The van der Waals surface area contributed by atoms with Crippen LogP contribution in [0.25, 0.3) is 0 Å². The highest BCUT2D eigenvalue weighted by atomic mass is 16.5. The summed E-state index contributed by atoms with van der Waals surface area (Å²) in [4.78, 5) is 0. The predicted octanol–water partition coefficient (Wildman–Crippen LogP) is 3.23. The summed E-state index contributed by atoms with van der Waals surface area (Å²) in [6, 6.07) is 17.2. The summed E-state index contributed by atoms with van der Waals surface area (Å²) in [7, 11) is 1.64. The Balaban J connectivity index is 2.01. The molecule has 3 nitrogen and oxygen atoms in total. The van der Waals surface area contributed by atoms with Crippen LogP contribution in [0.15, 0.2) is 54.6 Å². The van der Waals surface area contributed by atoms with Gasteiger partial charge in [0.15, 0.2) is 0 Å². The minimum absolute atomic E-state index is 0.0733. The summed E-state index contributed by atoms with van der Waals surface area (Å²) in [6.07, 6.45) is -0.539. The number of hydrogen-bond acceptors (Lipinski definition) is 3. The van der Waals surface area contributed by atoms with Crippen molar-refractivity contribution in [2.24, 2.45) is 0 Å². The molecule has 0 saturated heterocycles. The summed E-state index contributed by atoms with van der Waals surface area (Å²) >= 11 is 0. The number of aliphatic hydroxyl groups excluding tert-OH is 1. The second-order valence-corrected chi connectivity index (χ2v) is 4.52. The van der Waals surface area contributed by atoms with E-state index in [2.05, 4.69) is 5.32 Å². The number of anilines is 1. The summed E-state index contributed by atoms with van der Waals surface area (Å²) in [6.45, 7) is 1.96. The number of aliphatic hydroxyl groups is 1. The highest BCUT2D eigenvalue weighted by Crippen LogP contribution is 2.21. The normalized spacial score (nSPS) is 13.6. The average Bonchev–Trinajstić information content (AvgIpc) is 2.48. The van der Waals surface area contributed by atoms with Crippen molar-refractivity contribution in [3.8, 4) is 5.75 Å². The van der Waals surface area contributed by atoms with E-state index >= 15 is 0 Å². The van der Waals surface area contributed by atoms with Crippen LogP contribution < -0.4 is 10.1 Å². The Kier molecular flexibility index (Phi) is 4.42. The smallest absolute Gasteiger partial charge is 0.119 e. The second-order valence-electron chi connectivity index (χ2n) is 4.52. The van der Waals surface area contributed by atoms with Crippen molar-refractivity contribution in [1.29, 1.82) is 0 Å². The molecule has 0 saturated carbocycles. The number of ether oxygens (including phenoxy) is 1. The molecule has 0 fully saturated rings. The first-order valence-corrected chi connectivity index (χ1v) is 6.34. The largest absolute Gasteiger partial charge is 0.497 e. The number of nitrogens with one attached hydrogen (secondary N) is 1. The molecule has 3 heteroatoms. The third-order valence-electron chi connectivity index (χ3n) is 3.10. The zero-order valence-electron chi connectivity index (χ0n) is 11.2. The molecular formula is C16H19NO2. The van der Waals surface area contributed by atoms with Gasteiger partial charge in [-0.25, -0.2) is 0 Å². The SMILES string of the molecule is COc1ccc(NC(C)[C@H](O)c2ccccc2)cc1. The zero-order chi connectivity index (χ0) is 13.7. The van der Waals surface area contributed by atoms with Crippen LogP contribution in [0.1, 0.15) is 18.6 Å². The van der Waals surface area contributed by atoms with Gasteiger partial charge in [0.2, 0.25) is 0 Å². The van der Waals surface area contributed by atoms with Crippen molar-refractivity contribution in [1.82, 2.24) is 0 Å². The lowest BCUT2D eigenvalue weighted by molar-refractivity contribution is 0.161. The molecule has 0 radical (unpaired) electrons. The molecule has 1 unspecified atom stereocenters. The maximum Gasteiger partial charge on any atom is 0.119 e. The van der Waals surface area contributed by atoms with Crippen LogP contribution >= 0.6 is 0 Å². The summed E-state index contributed by atoms with van der Waals surface area (Å²) < 4.78 is 5.11. The first-order chi connectivity index (χ1) is 9.20. The Hall–Kier alpha value is -2.00. The van der Waals surface area contributed by atoms with E-state index in [-0.39, 0.29) is 6.04 Å². The Labute approximate surface area is 113 Å². The van der Waals surface area contributed by atoms with Crippen LogP contribution in [0.2, 0.25) is 0 Å². The minimum Gasteiger partial charge on any atom is -0.497 e. The number of rotatable bonds is 5. The van der Waals surface area contributed by atoms with Crippen LogP contribution in [0.3, 0.4) is 0 Å². The van der Waals surface area contributed by atoms with Gasteiger partial charge in [0.25, 0.3) is 0 Å². The van der Waals surface area contributed by atoms with Gasteiger partial charge in [-0.3, -0.25) is 0 Å². The minimum atomic E-state index is -0.539. The molecular weight excluding hydrogens is 238 g/mol. The molecule has 2 aromatic carbocycles. The van der Waals surface area contributed by atoms with Crippen LogP contribution in [0.5, 0.6) is 5.75 Å². The maximum absolute atomic E-state index is 10.3. The standard InChI is InChI=1S/C16H19NO2/c1-12(16(18)13-6-4-3-5-7-13)17-14-8-10-15(19-2)11-9-14/h3-12,16-18H,1-2H3/t12?,16-/m0/s1. The highest BCUT2D eigenvalue weighted by molar-refractivity contribution is 5.47. The van der Waals surface area contributed by atoms with Crippen LogP contribution in [-0.2, 0) is 0 Å². The van der Waals surface area contributed by atoms with E-state index in [4.69, 9.17) is 4.74 Å². The Morgan fingerprint density at radius 2 is 1.63 bits per heavy atom. The molecule has 0 bridgehead atoms. The predicted molar refractivity (Wildman–Crippen MR) is 77.5 cm³/mol. The van der Waals surface area contributed by atoms with Gasteiger partial charge in [0.1, 0.15) is 5.75 Å². The number of methoxy groups -OCH3 is 1. The fourth-order valence-corrected chi connectivity index (χ4v) is 1.97. The van der Waals surface area contributed by atoms with E-state index in [1.165, 1.54) is 0 Å². The van der Waals surface area contributed by atoms with Gasteiger partial charge in [-0.2, -0.15) is 0 Å². The first-order valence-electron chi connectivity index (χ1n) is 6.34. The van der Waals surface area contributed by atoms with E-state index in [1.54, 1.807) is 7.11 Å². The molecule has 2 atom stereocenters. The molecule has 0 heterocycles. The Bertz CT molecular complexity index is 496. The van der Waals surface area contributed by atoms with E-state index in [0.717, 1.165) is 17.0 Å². The highest BCUT2D eigenvalue weighted by Gasteiger charge is 2.15. The first kappa shape index (κ1) is 13.4. The molecule has 100 valence electrons. The zero-order valence-corrected chi connectivity index (χ0v) is 11.2. The van der Waals surface area contributed by atoms with Gasteiger partial charge in [-0.1, -0.05) is 30.3 Å². The topological polar surface area (TPSA) is 41.5 Å². The summed E-state index contributed by atoms with van der Waals surface area (Å²) in [5, 5.41) is 13.5. The molecule has 2 aromatic rings. The molecule has 2 N–H and O–H groups in total. The molecule has 0 aliphatic heterocycles. The Morgan fingerprint density at radius 1 is 1.00 bits per heavy atom. The van der Waals surface area contributed by atoms with Gasteiger partial charge in [-0.05, 0) is 36.8 Å².